The highest BCUT2D eigenvalue weighted by atomic mass is 16.2. The Kier molecular flexibility index (Phi) is 6.55. The molecule has 2 N–H and O–H groups in total. The first-order valence-electron chi connectivity index (χ1n) is 8.26. The Bertz CT molecular complexity index is 614. The Labute approximate surface area is 143 Å². The third kappa shape index (κ3) is 5.23. The molecule has 0 spiro atoms. The van der Waals surface area contributed by atoms with Crippen LogP contribution in [0.15, 0.2) is 60.7 Å². The van der Waals surface area contributed by atoms with E-state index in [1.54, 1.807) is 0 Å². The maximum absolute atomic E-state index is 12.3. The maximum atomic E-state index is 12.3. The highest BCUT2D eigenvalue weighted by molar-refractivity contribution is 6.35. The third-order valence-electron chi connectivity index (χ3n) is 3.75. The summed E-state index contributed by atoms with van der Waals surface area (Å²) in [5.41, 5.74) is 1.87. The van der Waals surface area contributed by atoms with Gasteiger partial charge in [-0.25, -0.2) is 0 Å². The first kappa shape index (κ1) is 17.7. The van der Waals surface area contributed by atoms with E-state index in [1.165, 1.54) is 0 Å². The lowest BCUT2D eigenvalue weighted by Gasteiger charge is -2.19. The smallest absolute Gasteiger partial charge is 0.310 e. The number of carbonyl (C=O) groups excluding carboxylic acids is 2. The van der Waals surface area contributed by atoms with Gasteiger partial charge in [0.1, 0.15) is 0 Å². The van der Waals surface area contributed by atoms with Gasteiger partial charge in [0.15, 0.2) is 0 Å². The summed E-state index contributed by atoms with van der Waals surface area (Å²) in [5.74, 6) is -0.723. The first-order valence-corrected chi connectivity index (χ1v) is 8.26. The zero-order valence-corrected chi connectivity index (χ0v) is 14.2. The summed E-state index contributed by atoms with van der Waals surface area (Å²) in [6, 6.07) is 18.9. The van der Waals surface area contributed by atoms with Gasteiger partial charge in [-0.05, 0) is 23.5 Å². The first-order chi connectivity index (χ1) is 11.6. The molecule has 0 aliphatic rings. The van der Waals surface area contributed by atoms with Crippen LogP contribution in [0.25, 0.3) is 0 Å². The second-order valence-corrected chi connectivity index (χ2v) is 6.17. The van der Waals surface area contributed by atoms with E-state index >= 15 is 0 Å². The molecule has 0 saturated carbocycles. The van der Waals surface area contributed by atoms with Crippen molar-refractivity contribution < 1.29 is 9.59 Å². The molecule has 4 heteroatoms. The molecule has 2 aromatic carbocycles. The zero-order chi connectivity index (χ0) is 17.4. The van der Waals surface area contributed by atoms with E-state index in [0.29, 0.717) is 12.5 Å². The molecule has 2 aromatic rings. The zero-order valence-electron chi connectivity index (χ0n) is 14.2. The van der Waals surface area contributed by atoms with Crippen molar-refractivity contribution in [2.75, 3.05) is 6.54 Å². The van der Waals surface area contributed by atoms with Crippen LogP contribution >= 0.6 is 0 Å². The minimum atomic E-state index is -0.614. The van der Waals surface area contributed by atoms with Crippen molar-refractivity contribution in [1.29, 1.82) is 0 Å². The van der Waals surface area contributed by atoms with Gasteiger partial charge in [0.05, 0.1) is 6.04 Å². The molecule has 0 fully saturated rings. The van der Waals surface area contributed by atoms with Crippen LogP contribution in [0.3, 0.4) is 0 Å². The summed E-state index contributed by atoms with van der Waals surface area (Å²) < 4.78 is 0. The van der Waals surface area contributed by atoms with E-state index in [-0.39, 0.29) is 6.04 Å². The van der Waals surface area contributed by atoms with Gasteiger partial charge >= 0.3 is 11.8 Å². The minimum Gasteiger partial charge on any atom is -0.348 e. The molecule has 0 aromatic heterocycles. The summed E-state index contributed by atoms with van der Waals surface area (Å²) in [6.45, 7) is 4.66. The average Bonchev–Trinajstić information content (AvgIpc) is 2.60. The number of hydrogen-bond donors (Lipinski definition) is 2. The molecule has 2 amide bonds. The van der Waals surface area contributed by atoms with Crippen LogP contribution in [0, 0.1) is 5.92 Å². The summed E-state index contributed by atoms with van der Waals surface area (Å²) in [6.07, 6.45) is 0.847. The Morgan fingerprint density at radius 2 is 1.33 bits per heavy atom. The van der Waals surface area contributed by atoms with Gasteiger partial charge in [0, 0.05) is 6.54 Å². The van der Waals surface area contributed by atoms with Gasteiger partial charge in [0.2, 0.25) is 0 Å². The van der Waals surface area contributed by atoms with Crippen LogP contribution in [0.5, 0.6) is 0 Å². The molecule has 0 radical (unpaired) electrons. The molecule has 0 saturated heterocycles. The quantitative estimate of drug-likeness (QED) is 0.802. The van der Waals surface area contributed by atoms with Crippen molar-refractivity contribution in [3.63, 3.8) is 0 Å². The van der Waals surface area contributed by atoms with Crippen LogP contribution in [0.4, 0.5) is 0 Å². The minimum absolute atomic E-state index is 0.351. The van der Waals surface area contributed by atoms with Gasteiger partial charge in [-0.15, -0.1) is 0 Å². The molecule has 0 aliphatic heterocycles. The van der Waals surface area contributed by atoms with Gasteiger partial charge in [0.25, 0.3) is 0 Å². The lowest BCUT2D eigenvalue weighted by Crippen LogP contribution is -2.42. The van der Waals surface area contributed by atoms with Crippen LogP contribution in [0.1, 0.15) is 37.4 Å². The number of rotatable bonds is 6. The van der Waals surface area contributed by atoms with Crippen molar-refractivity contribution in [2.24, 2.45) is 5.92 Å². The highest BCUT2D eigenvalue weighted by Crippen LogP contribution is 2.21. The van der Waals surface area contributed by atoms with E-state index in [2.05, 4.69) is 24.5 Å². The lowest BCUT2D eigenvalue weighted by molar-refractivity contribution is -0.139. The number of nitrogens with one attached hydrogen (secondary N) is 2. The summed E-state index contributed by atoms with van der Waals surface area (Å²) in [4.78, 5) is 24.3. The Morgan fingerprint density at radius 1 is 0.833 bits per heavy atom. The molecule has 0 unspecified atom stereocenters. The predicted molar refractivity (Wildman–Crippen MR) is 95.3 cm³/mol. The fraction of sp³-hybridized carbons (Fsp3) is 0.300. The molecule has 4 nitrogen and oxygen atoms in total. The SMILES string of the molecule is CC(C)CCNC(=O)C(=O)NC(c1ccccc1)c1ccccc1. The maximum Gasteiger partial charge on any atom is 0.310 e. The Balaban J connectivity index is 2.09. The van der Waals surface area contributed by atoms with Crippen LogP contribution in [0.2, 0.25) is 0 Å². The standard InChI is InChI=1S/C20H24N2O2/c1-15(2)13-14-21-19(23)20(24)22-18(16-9-5-3-6-10-16)17-11-7-4-8-12-17/h3-12,15,18H,13-14H2,1-2H3,(H,21,23)(H,22,24). The lowest BCUT2D eigenvalue weighted by atomic mass is 9.99. The number of amides is 2. The number of hydrogen-bond acceptors (Lipinski definition) is 2. The molecular formula is C20H24N2O2. The Hall–Kier alpha value is -2.62. The van der Waals surface area contributed by atoms with E-state index in [9.17, 15) is 9.59 Å². The van der Waals surface area contributed by atoms with E-state index in [0.717, 1.165) is 17.5 Å². The topological polar surface area (TPSA) is 58.2 Å². The van der Waals surface area contributed by atoms with E-state index in [1.807, 2.05) is 60.7 Å². The second kappa shape index (κ2) is 8.87. The molecule has 126 valence electrons. The number of benzene rings is 2. The second-order valence-electron chi connectivity index (χ2n) is 6.17. The van der Waals surface area contributed by atoms with Gasteiger partial charge < -0.3 is 10.6 Å². The Morgan fingerprint density at radius 3 is 1.79 bits per heavy atom. The molecule has 0 heterocycles. The molecular weight excluding hydrogens is 300 g/mol. The fourth-order valence-corrected chi connectivity index (χ4v) is 2.40. The van der Waals surface area contributed by atoms with Crippen molar-refractivity contribution in [2.45, 2.75) is 26.3 Å². The van der Waals surface area contributed by atoms with Crippen LogP contribution in [-0.2, 0) is 9.59 Å². The summed E-state index contributed by atoms with van der Waals surface area (Å²) in [7, 11) is 0. The molecule has 24 heavy (non-hydrogen) atoms. The highest BCUT2D eigenvalue weighted by Gasteiger charge is 2.20. The van der Waals surface area contributed by atoms with Gasteiger partial charge in [-0.1, -0.05) is 74.5 Å². The van der Waals surface area contributed by atoms with Crippen molar-refractivity contribution in [1.82, 2.24) is 10.6 Å². The summed E-state index contributed by atoms with van der Waals surface area (Å²) in [5, 5.41) is 5.51. The molecule has 2 rings (SSSR count). The monoisotopic (exact) mass is 324 g/mol. The number of carbonyl (C=O) groups is 2. The van der Waals surface area contributed by atoms with Crippen molar-refractivity contribution in [3.05, 3.63) is 71.8 Å². The van der Waals surface area contributed by atoms with E-state index < -0.39 is 11.8 Å². The fourth-order valence-electron chi connectivity index (χ4n) is 2.40. The van der Waals surface area contributed by atoms with E-state index in [4.69, 9.17) is 0 Å². The largest absolute Gasteiger partial charge is 0.348 e. The molecule has 0 aliphatic carbocycles. The average molecular weight is 324 g/mol. The van der Waals surface area contributed by atoms with Gasteiger partial charge in [-0.3, -0.25) is 9.59 Å². The molecule has 0 atom stereocenters. The molecule has 0 bridgehead atoms. The van der Waals surface area contributed by atoms with Crippen molar-refractivity contribution >= 4 is 11.8 Å². The van der Waals surface area contributed by atoms with Crippen molar-refractivity contribution in [3.8, 4) is 0 Å². The third-order valence-corrected chi connectivity index (χ3v) is 3.75. The van der Waals surface area contributed by atoms with Crippen LogP contribution < -0.4 is 10.6 Å². The normalized spacial score (nSPS) is 10.7. The summed E-state index contributed by atoms with van der Waals surface area (Å²) >= 11 is 0. The van der Waals surface area contributed by atoms with Crippen LogP contribution in [-0.4, -0.2) is 18.4 Å². The van der Waals surface area contributed by atoms with Gasteiger partial charge in [-0.2, -0.15) is 0 Å². The predicted octanol–water partition coefficient (Wildman–Crippen LogP) is 3.05.